The highest BCUT2D eigenvalue weighted by molar-refractivity contribution is 14.0. The summed E-state index contributed by atoms with van der Waals surface area (Å²) in [5.74, 6) is 0.938. The fourth-order valence-corrected chi connectivity index (χ4v) is 3.14. The van der Waals surface area contributed by atoms with E-state index in [1.807, 2.05) is 14.0 Å². The highest BCUT2D eigenvalue weighted by Gasteiger charge is 2.27. The van der Waals surface area contributed by atoms with E-state index in [2.05, 4.69) is 44.4 Å². The van der Waals surface area contributed by atoms with Crippen molar-refractivity contribution >= 4 is 41.3 Å². The van der Waals surface area contributed by atoms with Crippen molar-refractivity contribution < 1.29 is 0 Å². The molecule has 1 heterocycles. The summed E-state index contributed by atoms with van der Waals surface area (Å²) in [5, 5.41) is 6.68. The fourth-order valence-electron chi connectivity index (χ4n) is 2.53. The van der Waals surface area contributed by atoms with E-state index in [0.717, 1.165) is 48.9 Å². The van der Waals surface area contributed by atoms with Gasteiger partial charge in [0.25, 0.3) is 0 Å². The van der Waals surface area contributed by atoms with Gasteiger partial charge in [0.15, 0.2) is 5.96 Å². The number of hydrogen-bond donors (Lipinski definition) is 1. The molecule has 0 unspecified atom stereocenters. The van der Waals surface area contributed by atoms with Crippen LogP contribution in [0, 0.1) is 6.92 Å². The van der Waals surface area contributed by atoms with E-state index in [-0.39, 0.29) is 24.0 Å². The van der Waals surface area contributed by atoms with Crippen LogP contribution in [0.5, 0.6) is 0 Å². The number of aliphatic imine (C=N–C) groups is 1. The lowest BCUT2D eigenvalue weighted by Crippen LogP contribution is -2.42. The first-order valence-corrected chi connectivity index (χ1v) is 8.58. The van der Waals surface area contributed by atoms with Gasteiger partial charge in [0.05, 0.1) is 17.2 Å². The minimum atomic E-state index is 0. The summed E-state index contributed by atoms with van der Waals surface area (Å²) in [4.78, 5) is 13.5. The number of aromatic nitrogens is 1. The van der Waals surface area contributed by atoms with Gasteiger partial charge in [0.1, 0.15) is 0 Å². The third kappa shape index (κ3) is 6.00. The molecule has 126 valence electrons. The molecule has 1 N–H and O–H groups in total. The van der Waals surface area contributed by atoms with Gasteiger partial charge >= 0.3 is 0 Å². The standard InChI is InChI=1S/C15H27N5S.HI/c1-5-20(14-6-7-14)9-8-17-15(16-3)19(4)10-13-11-21-12(2)18-13;/h11,14H,5-10H2,1-4H3,(H,16,17);1H. The van der Waals surface area contributed by atoms with Crippen molar-refractivity contribution in [1.29, 1.82) is 0 Å². The summed E-state index contributed by atoms with van der Waals surface area (Å²) in [7, 11) is 3.89. The molecule has 0 saturated heterocycles. The summed E-state index contributed by atoms with van der Waals surface area (Å²) in [6.07, 6.45) is 2.73. The Morgan fingerprint density at radius 3 is 2.73 bits per heavy atom. The Hall–Kier alpha value is -0.410. The van der Waals surface area contributed by atoms with E-state index in [1.54, 1.807) is 11.3 Å². The molecule has 1 saturated carbocycles. The van der Waals surface area contributed by atoms with E-state index >= 15 is 0 Å². The zero-order valence-corrected chi connectivity index (χ0v) is 17.1. The number of nitrogens with one attached hydrogen (secondary N) is 1. The molecule has 0 bridgehead atoms. The Morgan fingerprint density at radius 1 is 1.50 bits per heavy atom. The summed E-state index contributed by atoms with van der Waals surface area (Å²) in [6.45, 7) is 8.24. The smallest absolute Gasteiger partial charge is 0.193 e. The van der Waals surface area contributed by atoms with Crippen LogP contribution in [0.2, 0.25) is 0 Å². The first kappa shape index (κ1) is 19.6. The number of halogens is 1. The molecular weight excluding hydrogens is 409 g/mol. The maximum atomic E-state index is 4.51. The second kappa shape index (κ2) is 9.67. The number of nitrogens with zero attached hydrogens (tertiary/aromatic N) is 4. The topological polar surface area (TPSA) is 43.8 Å². The molecule has 2 rings (SSSR count). The van der Waals surface area contributed by atoms with Gasteiger partial charge in [0, 0.05) is 38.6 Å². The quantitative estimate of drug-likeness (QED) is 0.405. The van der Waals surface area contributed by atoms with Crippen molar-refractivity contribution in [3.05, 3.63) is 16.1 Å². The van der Waals surface area contributed by atoms with Crippen molar-refractivity contribution in [3.8, 4) is 0 Å². The van der Waals surface area contributed by atoms with E-state index in [1.165, 1.54) is 12.8 Å². The number of hydrogen-bond acceptors (Lipinski definition) is 4. The van der Waals surface area contributed by atoms with Crippen molar-refractivity contribution in [2.75, 3.05) is 33.7 Å². The summed E-state index contributed by atoms with van der Waals surface area (Å²) in [6, 6.07) is 0.828. The van der Waals surface area contributed by atoms with Gasteiger partial charge in [-0.2, -0.15) is 0 Å². The third-order valence-electron chi connectivity index (χ3n) is 3.79. The predicted molar refractivity (Wildman–Crippen MR) is 105 cm³/mol. The summed E-state index contributed by atoms with van der Waals surface area (Å²) in [5.41, 5.74) is 1.11. The molecule has 0 aliphatic heterocycles. The molecule has 0 spiro atoms. The zero-order valence-electron chi connectivity index (χ0n) is 14.0. The molecule has 1 aliphatic carbocycles. The average Bonchev–Trinajstić information content (AvgIpc) is 3.22. The second-order valence-electron chi connectivity index (χ2n) is 5.55. The number of aryl methyl sites for hydroxylation is 1. The predicted octanol–water partition coefficient (Wildman–Crippen LogP) is 2.56. The molecule has 7 heteroatoms. The van der Waals surface area contributed by atoms with Crippen molar-refractivity contribution in [3.63, 3.8) is 0 Å². The molecule has 1 fully saturated rings. The lowest BCUT2D eigenvalue weighted by atomic mass is 10.4. The van der Waals surface area contributed by atoms with Gasteiger partial charge < -0.3 is 10.2 Å². The normalized spacial score (nSPS) is 14.9. The van der Waals surface area contributed by atoms with Crippen LogP contribution in [-0.4, -0.2) is 60.5 Å². The molecule has 0 radical (unpaired) electrons. The number of rotatable bonds is 7. The van der Waals surface area contributed by atoms with Crippen LogP contribution in [0.25, 0.3) is 0 Å². The van der Waals surface area contributed by atoms with Crippen LogP contribution in [0.1, 0.15) is 30.5 Å². The summed E-state index contributed by atoms with van der Waals surface area (Å²) >= 11 is 1.70. The Kier molecular flexibility index (Phi) is 8.63. The highest BCUT2D eigenvalue weighted by atomic mass is 127. The first-order chi connectivity index (χ1) is 10.1. The number of likely N-dealkylation sites (N-methyl/N-ethyl adjacent to an activating group) is 1. The van der Waals surface area contributed by atoms with Gasteiger partial charge in [-0.05, 0) is 26.3 Å². The van der Waals surface area contributed by atoms with Gasteiger partial charge in [-0.15, -0.1) is 35.3 Å². The maximum absolute atomic E-state index is 4.51. The number of guanidine groups is 1. The van der Waals surface area contributed by atoms with Crippen LogP contribution >= 0.6 is 35.3 Å². The van der Waals surface area contributed by atoms with E-state index < -0.39 is 0 Å². The monoisotopic (exact) mass is 437 g/mol. The van der Waals surface area contributed by atoms with E-state index in [4.69, 9.17) is 0 Å². The Labute approximate surface area is 155 Å². The van der Waals surface area contributed by atoms with Crippen LogP contribution in [-0.2, 0) is 6.54 Å². The van der Waals surface area contributed by atoms with Gasteiger partial charge in [0.2, 0.25) is 0 Å². The minimum absolute atomic E-state index is 0. The molecule has 1 aromatic heterocycles. The van der Waals surface area contributed by atoms with Crippen molar-refractivity contribution in [2.45, 2.75) is 39.3 Å². The number of thiazole rings is 1. The zero-order chi connectivity index (χ0) is 15.2. The second-order valence-corrected chi connectivity index (χ2v) is 6.61. The van der Waals surface area contributed by atoms with Crippen molar-refractivity contribution in [1.82, 2.24) is 20.1 Å². The molecule has 0 atom stereocenters. The summed E-state index contributed by atoms with van der Waals surface area (Å²) < 4.78 is 0. The Balaban J connectivity index is 0.00000242. The van der Waals surface area contributed by atoms with Gasteiger partial charge in [-0.25, -0.2) is 4.98 Å². The molecule has 5 nitrogen and oxygen atoms in total. The molecular formula is C15H28IN5S. The fraction of sp³-hybridized carbons (Fsp3) is 0.733. The first-order valence-electron chi connectivity index (χ1n) is 7.70. The van der Waals surface area contributed by atoms with Gasteiger partial charge in [-0.1, -0.05) is 6.92 Å². The molecule has 1 aliphatic rings. The van der Waals surface area contributed by atoms with Crippen LogP contribution in [0.3, 0.4) is 0 Å². The SMILES string of the molecule is CCN(CCNC(=NC)N(C)Cc1csc(C)n1)C1CC1.I. The lowest BCUT2D eigenvalue weighted by Gasteiger charge is -2.24. The molecule has 0 amide bonds. The van der Waals surface area contributed by atoms with Crippen LogP contribution in [0.4, 0.5) is 0 Å². The Bertz CT molecular complexity index is 472. The lowest BCUT2D eigenvalue weighted by molar-refractivity contribution is 0.280. The highest BCUT2D eigenvalue weighted by Crippen LogP contribution is 2.25. The van der Waals surface area contributed by atoms with Crippen LogP contribution < -0.4 is 5.32 Å². The maximum Gasteiger partial charge on any atom is 0.193 e. The largest absolute Gasteiger partial charge is 0.355 e. The van der Waals surface area contributed by atoms with Crippen molar-refractivity contribution in [2.24, 2.45) is 4.99 Å². The van der Waals surface area contributed by atoms with Gasteiger partial charge in [-0.3, -0.25) is 9.89 Å². The average molecular weight is 437 g/mol. The third-order valence-corrected chi connectivity index (χ3v) is 4.61. The molecule has 22 heavy (non-hydrogen) atoms. The molecule has 0 aromatic carbocycles. The molecule has 1 aromatic rings. The van der Waals surface area contributed by atoms with Crippen LogP contribution in [0.15, 0.2) is 10.4 Å². The van der Waals surface area contributed by atoms with E-state index in [0.29, 0.717) is 0 Å². The minimum Gasteiger partial charge on any atom is -0.355 e. The van der Waals surface area contributed by atoms with E-state index in [9.17, 15) is 0 Å². The Morgan fingerprint density at radius 2 is 2.23 bits per heavy atom.